The van der Waals surface area contributed by atoms with Crippen molar-refractivity contribution < 1.29 is 9.90 Å². The average Bonchev–Trinajstić information content (AvgIpc) is 2.89. The number of aromatic nitrogens is 2. The molecule has 0 saturated carbocycles. The van der Waals surface area contributed by atoms with Crippen molar-refractivity contribution in [1.82, 2.24) is 9.38 Å². The van der Waals surface area contributed by atoms with Crippen LogP contribution in [0, 0.1) is 6.92 Å². The topological polar surface area (TPSA) is 54.6 Å². The fourth-order valence-corrected chi connectivity index (χ4v) is 2.58. The number of benzene rings is 1. The molecule has 21 heavy (non-hydrogen) atoms. The number of aliphatic carboxylic acids is 1. The highest BCUT2D eigenvalue weighted by molar-refractivity contribution is 5.69. The lowest BCUT2D eigenvalue weighted by Crippen LogP contribution is -2.10. The molecular weight excluding hydrogens is 264 g/mol. The quantitative estimate of drug-likeness (QED) is 0.798. The van der Waals surface area contributed by atoms with Crippen molar-refractivity contribution >= 4 is 11.6 Å². The van der Waals surface area contributed by atoms with Gasteiger partial charge in [-0.3, -0.25) is 4.79 Å². The molecular formula is C17H16N2O2. The molecule has 0 fully saturated rings. The number of pyridine rings is 1. The first-order chi connectivity index (χ1) is 10.1. The van der Waals surface area contributed by atoms with Crippen molar-refractivity contribution in [1.29, 1.82) is 0 Å². The summed E-state index contributed by atoms with van der Waals surface area (Å²) in [6.07, 6.45) is 3.73. The van der Waals surface area contributed by atoms with Gasteiger partial charge < -0.3 is 9.51 Å². The molecule has 0 aliphatic heterocycles. The van der Waals surface area contributed by atoms with Gasteiger partial charge in [0.05, 0.1) is 12.1 Å². The van der Waals surface area contributed by atoms with Gasteiger partial charge in [0.1, 0.15) is 5.65 Å². The summed E-state index contributed by atoms with van der Waals surface area (Å²) in [5.74, 6) is -1.02. The molecule has 0 spiro atoms. The smallest absolute Gasteiger partial charge is 0.304 e. The van der Waals surface area contributed by atoms with Crippen LogP contribution in [0.5, 0.6) is 0 Å². The molecule has 2 heterocycles. The van der Waals surface area contributed by atoms with Crippen LogP contribution in [-0.4, -0.2) is 20.5 Å². The second-order valence-electron chi connectivity index (χ2n) is 5.17. The summed E-state index contributed by atoms with van der Waals surface area (Å²) in [5.41, 5.74) is 3.88. The molecule has 1 atom stereocenters. The molecule has 0 saturated heterocycles. The van der Waals surface area contributed by atoms with E-state index in [0.717, 1.165) is 22.5 Å². The molecule has 1 aromatic carbocycles. The molecule has 1 N–H and O–H groups in total. The average molecular weight is 280 g/mol. The molecule has 4 heteroatoms. The van der Waals surface area contributed by atoms with E-state index in [1.165, 1.54) is 0 Å². The van der Waals surface area contributed by atoms with E-state index in [1.54, 1.807) is 6.20 Å². The Morgan fingerprint density at radius 2 is 2.00 bits per heavy atom. The Morgan fingerprint density at radius 1 is 1.24 bits per heavy atom. The summed E-state index contributed by atoms with van der Waals surface area (Å²) in [7, 11) is 0. The summed E-state index contributed by atoms with van der Waals surface area (Å²) >= 11 is 0. The van der Waals surface area contributed by atoms with E-state index in [2.05, 4.69) is 4.98 Å². The summed E-state index contributed by atoms with van der Waals surface area (Å²) in [6, 6.07) is 13.8. The Bertz CT molecular complexity index is 775. The van der Waals surface area contributed by atoms with Gasteiger partial charge in [-0.2, -0.15) is 0 Å². The SMILES string of the molecule is Cc1ccc([C@H](CC(=O)O)c2cnc3ccccn23)cc1. The zero-order valence-corrected chi connectivity index (χ0v) is 11.7. The maximum atomic E-state index is 11.3. The number of fused-ring (bicyclic) bond motifs is 1. The van der Waals surface area contributed by atoms with Crippen molar-refractivity contribution in [3.05, 3.63) is 71.7 Å². The second-order valence-corrected chi connectivity index (χ2v) is 5.17. The van der Waals surface area contributed by atoms with Gasteiger partial charge in [-0.1, -0.05) is 35.9 Å². The summed E-state index contributed by atoms with van der Waals surface area (Å²) in [4.78, 5) is 15.6. The van der Waals surface area contributed by atoms with Crippen LogP contribution < -0.4 is 0 Å². The van der Waals surface area contributed by atoms with Crippen LogP contribution in [0.1, 0.15) is 29.2 Å². The normalized spacial score (nSPS) is 12.4. The second kappa shape index (κ2) is 5.40. The molecule has 0 bridgehead atoms. The predicted molar refractivity (Wildman–Crippen MR) is 80.5 cm³/mol. The lowest BCUT2D eigenvalue weighted by Gasteiger charge is -2.15. The molecule has 3 rings (SSSR count). The van der Waals surface area contributed by atoms with Gasteiger partial charge in [0.15, 0.2) is 0 Å². The third-order valence-electron chi connectivity index (χ3n) is 3.66. The third-order valence-corrected chi connectivity index (χ3v) is 3.66. The van der Waals surface area contributed by atoms with Crippen LogP contribution in [-0.2, 0) is 4.79 Å². The van der Waals surface area contributed by atoms with Crippen LogP contribution in [0.25, 0.3) is 5.65 Å². The zero-order valence-electron chi connectivity index (χ0n) is 11.7. The minimum absolute atomic E-state index is 0.0474. The first-order valence-electron chi connectivity index (χ1n) is 6.85. The van der Waals surface area contributed by atoms with E-state index >= 15 is 0 Å². The number of hydrogen-bond acceptors (Lipinski definition) is 2. The maximum Gasteiger partial charge on any atom is 0.304 e. The Balaban J connectivity index is 2.11. The van der Waals surface area contributed by atoms with E-state index in [9.17, 15) is 9.90 Å². The number of rotatable bonds is 4. The van der Waals surface area contributed by atoms with Crippen LogP contribution in [0.2, 0.25) is 0 Å². The minimum Gasteiger partial charge on any atom is -0.481 e. The molecule has 4 nitrogen and oxygen atoms in total. The number of carboxylic acids is 1. The van der Waals surface area contributed by atoms with Gasteiger partial charge in [0.2, 0.25) is 0 Å². The number of imidazole rings is 1. The number of carboxylic acid groups (broad SMARTS) is 1. The molecule has 0 aliphatic rings. The van der Waals surface area contributed by atoms with Crippen molar-refractivity contribution in [3.8, 4) is 0 Å². The number of carbonyl (C=O) groups is 1. The van der Waals surface area contributed by atoms with Crippen LogP contribution in [0.15, 0.2) is 54.9 Å². The largest absolute Gasteiger partial charge is 0.481 e. The molecule has 0 aliphatic carbocycles. The Morgan fingerprint density at radius 3 is 2.71 bits per heavy atom. The highest BCUT2D eigenvalue weighted by Crippen LogP contribution is 2.28. The Hall–Kier alpha value is -2.62. The maximum absolute atomic E-state index is 11.3. The van der Waals surface area contributed by atoms with Gasteiger partial charge >= 0.3 is 5.97 Å². The number of hydrogen-bond donors (Lipinski definition) is 1. The van der Waals surface area contributed by atoms with Gasteiger partial charge in [-0.15, -0.1) is 0 Å². The number of aryl methyl sites for hydroxylation is 1. The summed E-state index contributed by atoms with van der Waals surface area (Å²) in [6.45, 7) is 2.02. The molecule has 0 amide bonds. The third kappa shape index (κ3) is 2.65. The van der Waals surface area contributed by atoms with E-state index in [4.69, 9.17) is 0 Å². The van der Waals surface area contributed by atoms with Crippen molar-refractivity contribution in [2.45, 2.75) is 19.3 Å². The van der Waals surface area contributed by atoms with E-state index in [0.29, 0.717) is 0 Å². The highest BCUT2D eigenvalue weighted by Gasteiger charge is 2.21. The van der Waals surface area contributed by atoms with E-state index < -0.39 is 5.97 Å². The highest BCUT2D eigenvalue weighted by atomic mass is 16.4. The summed E-state index contributed by atoms with van der Waals surface area (Å²) < 4.78 is 1.95. The van der Waals surface area contributed by atoms with Crippen LogP contribution in [0.4, 0.5) is 0 Å². The molecule has 0 unspecified atom stereocenters. The Kier molecular flexibility index (Phi) is 3.44. The molecule has 3 aromatic rings. The van der Waals surface area contributed by atoms with E-state index in [-0.39, 0.29) is 12.3 Å². The first-order valence-corrected chi connectivity index (χ1v) is 6.85. The van der Waals surface area contributed by atoms with E-state index in [1.807, 2.05) is 60.0 Å². The lowest BCUT2D eigenvalue weighted by atomic mass is 9.92. The molecule has 106 valence electrons. The van der Waals surface area contributed by atoms with Gasteiger partial charge in [-0.05, 0) is 24.6 Å². The minimum atomic E-state index is -0.813. The van der Waals surface area contributed by atoms with Gasteiger partial charge in [0, 0.05) is 18.3 Å². The molecule has 2 aromatic heterocycles. The standard InChI is InChI=1S/C17H16N2O2/c1-12-5-7-13(8-6-12)14(10-17(20)21)15-11-18-16-4-2-3-9-19(15)16/h2-9,11,14H,10H2,1H3,(H,20,21)/t14-/m0/s1. The number of nitrogens with zero attached hydrogens (tertiary/aromatic N) is 2. The summed E-state index contributed by atoms with van der Waals surface area (Å²) in [5, 5.41) is 9.24. The first kappa shape index (κ1) is 13.4. The van der Waals surface area contributed by atoms with Crippen molar-refractivity contribution in [3.63, 3.8) is 0 Å². The van der Waals surface area contributed by atoms with Crippen LogP contribution >= 0.6 is 0 Å². The fraction of sp³-hybridized carbons (Fsp3) is 0.176. The van der Waals surface area contributed by atoms with Crippen molar-refractivity contribution in [2.75, 3.05) is 0 Å². The zero-order chi connectivity index (χ0) is 14.8. The van der Waals surface area contributed by atoms with Crippen molar-refractivity contribution in [2.24, 2.45) is 0 Å². The van der Waals surface area contributed by atoms with Gasteiger partial charge in [-0.25, -0.2) is 4.98 Å². The predicted octanol–water partition coefficient (Wildman–Crippen LogP) is 3.25. The monoisotopic (exact) mass is 280 g/mol. The Labute approximate surface area is 122 Å². The molecule has 0 radical (unpaired) electrons. The van der Waals surface area contributed by atoms with Crippen LogP contribution in [0.3, 0.4) is 0 Å². The van der Waals surface area contributed by atoms with Gasteiger partial charge in [0.25, 0.3) is 0 Å². The lowest BCUT2D eigenvalue weighted by molar-refractivity contribution is -0.137. The fourth-order valence-electron chi connectivity index (χ4n) is 2.58.